The maximum Gasteiger partial charge on any atom is 0.303 e. The van der Waals surface area contributed by atoms with Crippen LogP contribution in [0.2, 0.25) is 0 Å². The molecule has 0 saturated heterocycles. The van der Waals surface area contributed by atoms with Gasteiger partial charge in [-0.3, -0.25) is 4.79 Å². The van der Waals surface area contributed by atoms with Gasteiger partial charge in [0.25, 0.3) is 0 Å². The van der Waals surface area contributed by atoms with E-state index in [1.54, 1.807) is 0 Å². The normalized spacial score (nSPS) is 12.1. The van der Waals surface area contributed by atoms with Crippen LogP contribution in [0.15, 0.2) is 18.3 Å². The third-order valence-corrected chi connectivity index (χ3v) is 2.39. The quantitative estimate of drug-likeness (QED) is 0.775. The summed E-state index contributed by atoms with van der Waals surface area (Å²) in [5.41, 5.74) is 1.13. The summed E-state index contributed by atoms with van der Waals surface area (Å²) in [5, 5.41) is 11.7. The third kappa shape index (κ3) is 4.77. The van der Waals surface area contributed by atoms with Crippen molar-refractivity contribution in [2.75, 3.05) is 11.9 Å². The Hall–Kier alpha value is -1.58. The molecule has 0 saturated carbocycles. The molecule has 0 aromatic carbocycles. The molecule has 0 fully saturated rings. The number of carboxylic acids is 1. The summed E-state index contributed by atoms with van der Waals surface area (Å²) in [7, 11) is 0. The van der Waals surface area contributed by atoms with Crippen molar-refractivity contribution < 1.29 is 9.90 Å². The van der Waals surface area contributed by atoms with E-state index in [2.05, 4.69) is 10.3 Å². The van der Waals surface area contributed by atoms with Gasteiger partial charge in [0.15, 0.2) is 0 Å². The van der Waals surface area contributed by atoms with Gasteiger partial charge in [0.2, 0.25) is 0 Å². The Morgan fingerprint density at radius 1 is 1.56 bits per heavy atom. The fourth-order valence-corrected chi connectivity index (χ4v) is 1.32. The third-order valence-electron chi connectivity index (χ3n) is 2.39. The first-order valence-corrected chi connectivity index (χ1v) is 5.46. The lowest BCUT2D eigenvalue weighted by Gasteiger charge is -2.11. The van der Waals surface area contributed by atoms with E-state index in [-0.39, 0.29) is 6.42 Å². The lowest BCUT2D eigenvalue weighted by atomic mass is 10.1. The lowest BCUT2D eigenvalue weighted by Crippen LogP contribution is -2.13. The number of hydrogen-bond donors (Lipinski definition) is 2. The van der Waals surface area contributed by atoms with Crippen molar-refractivity contribution in [1.82, 2.24) is 4.98 Å². The van der Waals surface area contributed by atoms with Crippen molar-refractivity contribution in [3.05, 3.63) is 23.9 Å². The van der Waals surface area contributed by atoms with Crippen LogP contribution in [-0.4, -0.2) is 22.6 Å². The Kier molecular flexibility index (Phi) is 4.76. The Morgan fingerprint density at radius 2 is 2.31 bits per heavy atom. The molecule has 1 aromatic heterocycles. The van der Waals surface area contributed by atoms with Gasteiger partial charge in [-0.2, -0.15) is 0 Å². The van der Waals surface area contributed by atoms with Gasteiger partial charge < -0.3 is 10.4 Å². The van der Waals surface area contributed by atoms with Gasteiger partial charge in [-0.25, -0.2) is 4.98 Å². The van der Waals surface area contributed by atoms with E-state index >= 15 is 0 Å². The molecule has 0 bridgehead atoms. The van der Waals surface area contributed by atoms with Crippen LogP contribution in [0.4, 0.5) is 5.82 Å². The number of anilines is 1. The van der Waals surface area contributed by atoms with Crippen LogP contribution in [0.25, 0.3) is 0 Å². The van der Waals surface area contributed by atoms with Crippen LogP contribution in [-0.2, 0) is 4.79 Å². The first-order valence-electron chi connectivity index (χ1n) is 5.46. The highest BCUT2D eigenvalue weighted by Gasteiger charge is 2.05. The molecule has 1 atom stereocenters. The number of nitrogens with one attached hydrogen (secondary N) is 1. The van der Waals surface area contributed by atoms with Crippen LogP contribution in [0.1, 0.15) is 25.3 Å². The minimum atomic E-state index is -0.736. The molecule has 2 N–H and O–H groups in total. The SMILES string of the molecule is Cc1ccc(NCC(C)CCC(=O)O)nc1. The number of hydrogen-bond acceptors (Lipinski definition) is 3. The van der Waals surface area contributed by atoms with E-state index in [4.69, 9.17) is 5.11 Å². The second-order valence-electron chi connectivity index (χ2n) is 4.14. The van der Waals surface area contributed by atoms with E-state index in [1.807, 2.05) is 32.2 Å². The molecular weight excluding hydrogens is 204 g/mol. The molecule has 88 valence electrons. The minimum Gasteiger partial charge on any atom is -0.481 e. The zero-order chi connectivity index (χ0) is 12.0. The topological polar surface area (TPSA) is 62.2 Å². The van der Waals surface area contributed by atoms with Crippen LogP contribution in [0.3, 0.4) is 0 Å². The summed E-state index contributed by atoms with van der Waals surface area (Å²) < 4.78 is 0. The standard InChI is InChI=1S/C12H18N2O2/c1-9-3-5-11(13-7-9)14-8-10(2)4-6-12(15)16/h3,5,7,10H,4,6,8H2,1-2H3,(H,13,14)(H,15,16). The van der Waals surface area contributed by atoms with Crippen LogP contribution < -0.4 is 5.32 Å². The predicted molar refractivity (Wildman–Crippen MR) is 63.5 cm³/mol. The first kappa shape index (κ1) is 12.5. The fourth-order valence-electron chi connectivity index (χ4n) is 1.32. The highest BCUT2D eigenvalue weighted by molar-refractivity contribution is 5.66. The second kappa shape index (κ2) is 6.10. The summed E-state index contributed by atoms with van der Waals surface area (Å²) in [4.78, 5) is 14.6. The average molecular weight is 222 g/mol. The monoisotopic (exact) mass is 222 g/mol. The van der Waals surface area contributed by atoms with Crippen molar-refractivity contribution in [2.45, 2.75) is 26.7 Å². The van der Waals surface area contributed by atoms with Crippen molar-refractivity contribution in [3.8, 4) is 0 Å². The van der Waals surface area contributed by atoms with Gasteiger partial charge in [-0.05, 0) is 30.9 Å². The summed E-state index contributed by atoms with van der Waals surface area (Å²) >= 11 is 0. The summed E-state index contributed by atoms with van der Waals surface area (Å²) in [6.45, 7) is 4.78. The molecule has 0 aliphatic carbocycles. The number of aromatic nitrogens is 1. The van der Waals surface area contributed by atoms with E-state index in [0.717, 1.165) is 17.9 Å². The highest BCUT2D eigenvalue weighted by atomic mass is 16.4. The van der Waals surface area contributed by atoms with Gasteiger partial charge in [-0.1, -0.05) is 13.0 Å². The molecule has 0 spiro atoms. The number of nitrogens with zero attached hydrogens (tertiary/aromatic N) is 1. The number of carbonyl (C=O) groups is 1. The molecule has 0 aliphatic heterocycles. The minimum absolute atomic E-state index is 0.226. The van der Waals surface area contributed by atoms with Gasteiger partial charge in [0.05, 0.1) is 0 Å². The van der Waals surface area contributed by atoms with Gasteiger partial charge >= 0.3 is 5.97 Å². The van der Waals surface area contributed by atoms with Gasteiger partial charge in [0, 0.05) is 19.2 Å². The molecule has 4 heteroatoms. The second-order valence-corrected chi connectivity index (χ2v) is 4.14. The molecule has 0 amide bonds. The largest absolute Gasteiger partial charge is 0.481 e. The molecule has 1 aromatic rings. The Labute approximate surface area is 95.7 Å². The van der Waals surface area contributed by atoms with Crippen LogP contribution in [0.5, 0.6) is 0 Å². The predicted octanol–water partition coefficient (Wildman–Crippen LogP) is 2.30. The Balaban J connectivity index is 2.28. The Morgan fingerprint density at radius 3 is 2.88 bits per heavy atom. The zero-order valence-electron chi connectivity index (χ0n) is 9.73. The smallest absolute Gasteiger partial charge is 0.303 e. The molecule has 16 heavy (non-hydrogen) atoms. The molecule has 0 aliphatic rings. The van der Waals surface area contributed by atoms with E-state index in [1.165, 1.54) is 0 Å². The number of aliphatic carboxylic acids is 1. The summed E-state index contributed by atoms with van der Waals surface area (Å²) in [6, 6.07) is 3.93. The lowest BCUT2D eigenvalue weighted by molar-refractivity contribution is -0.137. The first-order chi connectivity index (χ1) is 7.58. The average Bonchev–Trinajstić information content (AvgIpc) is 2.25. The fraction of sp³-hybridized carbons (Fsp3) is 0.500. The van der Waals surface area contributed by atoms with Gasteiger partial charge in [-0.15, -0.1) is 0 Å². The van der Waals surface area contributed by atoms with Crippen LogP contribution >= 0.6 is 0 Å². The maximum atomic E-state index is 10.4. The molecular formula is C12H18N2O2. The number of carboxylic acid groups (broad SMARTS) is 1. The summed E-state index contributed by atoms with van der Waals surface area (Å²) in [5.74, 6) is 0.437. The Bertz CT molecular complexity index is 335. The van der Waals surface area contributed by atoms with Crippen molar-refractivity contribution in [3.63, 3.8) is 0 Å². The maximum absolute atomic E-state index is 10.4. The number of pyridine rings is 1. The van der Waals surface area contributed by atoms with Crippen molar-refractivity contribution in [1.29, 1.82) is 0 Å². The molecule has 4 nitrogen and oxygen atoms in total. The number of aryl methyl sites for hydroxylation is 1. The number of rotatable bonds is 6. The molecule has 1 unspecified atom stereocenters. The van der Waals surface area contributed by atoms with E-state index in [0.29, 0.717) is 12.3 Å². The van der Waals surface area contributed by atoms with E-state index in [9.17, 15) is 4.79 Å². The molecule has 0 radical (unpaired) electrons. The van der Waals surface area contributed by atoms with E-state index < -0.39 is 5.97 Å². The molecule has 1 rings (SSSR count). The van der Waals surface area contributed by atoms with Crippen molar-refractivity contribution >= 4 is 11.8 Å². The zero-order valence-corrected chi connectivity index (χ0v) is 9.73. The van der Waals surface area contributed by atoms with Crippen molar-refractivity contribution in [2.24, 2.45) is 5.92 Å². The van der Waals surface area contributed by atoms with Gasteiger partial charge in [0.1, 0.15) is 5.82 Å². The van der Waals surface area contributed by atoms with Crippen LogP contribution in [0, 0.1) is 12.8 Å². The molecule has 1 heterocycles. The highest BCUT2D eigenvalue weighted by Crippen LogP contribution is 2.08. The summed E-state index contributed by atoms with van der Waals surface area (Å²) in [6.07, 6.45) is 2.72.